The molecular weight excluding hydrogens is 362 g/mol. The van der Waals surface area contributed by atoms with Crippen molar-refractivity contribution in [3.05, 3.63) is 36.0 Å². The third kappa shape index (κ3) is 4.57. The fraction of sp³-hybridized carbons (Fsp3) is 0.421. The number of anilines is 1. The number of piperidine rings is 1. The van der Waals surface area contributed by atoms with Gasteiger partial charge in [-0.2, -0.15) is 0 Å². The van der Waals surface area contributed by atoms with Crippen LogP contribution in [0.2, 0.25) is 0 Å². The van der Waals surface area contributed by atoms with E-state index in [9.17, 15) is 9.59 Å². The molecule has 7 nitrogen and oxygen atoms in total. The maximum absolute atomic E-state index is 12.6. The van der Waals surface area contributed by atoms with Crippen LogP contribution >= 0.6 is 11.3 Å². The zero-order valence-corrected chi connectivity index (χ0v) is 16.7. The summed E-state index contributed by atoms with van der Waals surface area (Å²) >= 11 is 1.46. The van der Waals surface area contributed by atoms with E-state index < -0.39 is 0 Å². The van der Waals surface area contributed by atoms with Crippen molar-refractivity contribution in [1.29, 1.82) is 0 Å². The summed E-state index contributed by atoms with van der Waals surface area (Å²) in [4.78, 5) is 33.1. The number of carbonyl (C=O) groups is 2. The van der Waals surface area contributed by atoms with Gasteiger partial charge in [0.1, 0.15) is 0 Å². The molecule has 1 saturated heterocycles. The molecule has 8 heteroatoms. The van der Waals surface area contributed by atoms with E-state index in [1.165, 1.54) is 16.9 Å². The van der Waals surface area contributed by atoms with E-state index in [1.54, 1.807) is 30.1 Å². The summed E-state index contributed by atoms with van der Waals surface area (Å²) in [5.74, 6) is 0. The molecule has 1 aliphatic heterocycles. The van der Waals surface area contributed by atoms with Crippen molar-refractivity contribution in [1.82, 2.24) is 20.1 Å². The number of nitrogens with zero attached hydrogens (tertiary/aromatic N) is 3. The van der Waals surface area contributed by atoms with Gasteiger partial charge in [-0.1, -0.05) is 41.2 Å². The monoisotopic (exact) mass is 387 g/mol. The summed E-state index contributed by atoms with van der Waals surface area (Å²) in [6, 6.07) is 8.09. The topological polar surface area (TPSA) is 77.6 Å². The van der Waals surface area contributed by atoms with Crippen molar-refractivity contribution in [3.8, 4) is 10.4 Å². The lowest BCUT2D eigenvalue weighted by Crippen LogP contribution is -2.50. The van der Waals surface area contributed by atoms with Crippen LogP contribution in [0.15, 0.2) is 30.5 Å². The van der Waals surface area contributed by atoms with Gasteiger partial charge in [0.25, 0.3) is 0 Å². The fourth-order valence-electron chi connectivity index (χ4n) is 3.22. The number of aryl methyl sites for hydroxylation is 1. The predicted octanol–water partition coefficient (Wildman–Crippen LogP) is 3.39. The van der Waals surface area contributed by atoms with E-state index >= 15 is 0 Å². The Bertz CT molecular complexity index is 814. The van der Waals surface area contributed by atoms with Crippen LogP contribution in [-0.4, -0.2) is 60.1 Å². The molecule has 1 aromatic heterocycles. The first-order valence-electron chi connectivity index (χ1n) is 9.01. The number of aromatic nitrogens is 1. The summed E-state index contributed by atoms with van der Waals surface area (Å²) in [5.41, 5.74) is 2.29. The molecule has 2 N–H and O–H groups in total. The number of thiazole rings is 1. The van der Waals surface area contributed by atoms with Crippen molar-refractivity contribution >= 4 is 28.5 Å². The highest BCUT2D eigenvalue weighted by Crippen LogP contribution is 2.29. The third-order valence-electron chi connectivity index (χ3n) is 4.86. The highest BCUT2D eigenvalue weighted by atomic mass is 32.1. The van der Waals surface area contributed by atoms with Gasteiger partial charge in [-0.05, 0) is 25.3 Å². The first-order chi connectivity index (χ1) is 13.0. The van der Waals surface area contributed by atoms with Crippen molar-refractivity contribution in [2.45, 2.75) is 25.8 Å². The summed E-state index contributed by atoms with van der Waals surface area (Å²) in [6.07, 6.45) is 3.32. The summed E-state index contributed by atoms with van der Waals surface area (Å²) in [6.45, 7) is 3.35. The molecule has 4 amide bonds. The van der Waals surface area contributed by atoms with Crippen LogP contribution in [0.3, 0.4) is 0 Å². The Kier molecular flexibility index (Phi) is 5.95. The van der Waals surface area contributed by atoms with Gasteiger partial charge in [-0.15, -0.1) is 0 Å². The standard InChI is InChI=1S/C19H25N5O2S/c1-13-5-4-6-14(11-13)16-12-21-17(27-16)22-19(26)23(3)15-7-9-24(10-8-15)18(25)20-2/h4-6,11-12,15H,7-10H2,1-3H3,(H,20,25)(H,21,22,26). The SMILES string of the molecule is CNC(=O)N1CCC(N(C)C(=O)Nc2ncc(-c3cccc(C)c3)s2)CC1. The number of hydrogen-bond acceptors (Lipinski definition) is 4. The van der Waals surface area contributed by atoms with Crippen LogP contribution in [0, 0.1) is 6.92 Å². The molecule has 27 heavy (non-hydrogen) atoms. The number of nitrogens with one attached hydrogen (secondary N) is 2. The maximum atomic E-state index is 12.6. The Morgan fingerprint density at radius 3 is 2.70 bits per heavy atom. The molecule has 0 atom stereocenters. The van der Waals surface area contributed by atoms with Crippen LogP contribution < -0.4 is 10.6 Å². The lowest BCUT2D eigenvalue weighted by molar-refractivity contribution is 0.146. The number of rotatable bonds is 3. The molecule has 2 aromatic rings. The van der Waals surface area contributed by atoms with Crippen molar-refractivity contribution in [3.63, 3.8) is 0 Å². The van der Waals surface area contributed by atoms with Gasteiger partial charge in [0, 0.05) is 39.4 Å². The minimum atomic E-state index is -0.168. The van der Waals surface area contributed by atoms with Gasteiger partial charge < -0.3 is 15.1 Å². The summed E-state index contributed by atoms with van der Waals surface area (Å²) < 4.78 is 0. The zero-order chi connectivity index (χ0) is 19.4. The van der Waals surface area contributed by atoms with E-state index in [1.807, 2.05) is 12.1 Å². The van der Waals surface area contributed by atoms with Crippen LogP contribution in [0.25, 0.3) is 10.4 Å². The second-order valence-corrected chi connectivity index (χ2v) is 7.74. The number of carbonyl (C=O) groups excluding carboxylic acids is 2. The first kappa shape index (κ1) is 19.2. The molecule has 1 aliphatic rings. The maximum Gasteiger partial charge on any atom is 0.323 e. The van der Waals surface area contributed by atoms with Gasteiger partial charge in [0.15, 0.2) is 5.13 Å². The van der Waals surface area contributed by atoms with E-state index in [-0.39, 0.29) is 18.1 Å². The van der Waals surface area contributed by atoms with Crippen LogP contribution in [-0.2, 0) is 0 Å². The van der Waals surface area contributed by atoms with Crippen molar-refractivity contribution in [2.24, 2.45) is 0 Å². The minimum Gasteiger partial charge on any atom is -0.341 e. The van der Waals surface area contributed by atoms with Crippen molar-refractivity contribution < 1.29 is 9.59 Å². The second-order valence-electron chi connectivity index (χ2n) is 6.71. The molecule has 0 unspecified atom stereocenters. The normalized spacial score (nSPS) is 14.7. The second kappa shape index (κ2) is 8.39. The molecule has 0 spiro atoms. The molecule has 2 heterocycles. The van der Waals surface area contributed by atoms with E-state index in [4.69, 9.17) is 0 Å². The number of hydrogen-bond donors (Lipinski definition) is 2. The number of amides is 4. The van der Waals surface area contributed by atoms with Gasteiger partial charge in [0.05, 0.1) is 4.88 Å². The summed E-state index contributed by atoms with van der Waals surface area (Å²) in [5, 5.41) is 6.12. The molecule has 0 radical (unpaired) electrons. The largest absolute Gasteiger partial charge is 0.341 e. The molecule has 0 saturated carbocycles. The first-order valence-corrected chi connectivity index (χ1v) is 9.83. The molecule has 1 aromatic carbocycles. The van der Waals surface area contributed by atoms with Crippen molar-refractivity contribution in [2.75, 3.05) is 32.5 Å². The number of urea groups is 2. The lowest BCUT2D eigenvalue weighted by atomic mass is 10.0. The Balaban J connectivity index is 1.57. The smallest absolute Gasteiger partial charge is 0.323 e. The fourth-order valence-corrected chi connectivity index (χ4v) is 4.03. The third-order valence-corrected chi connectivity index (χ3v) is 5.82. The molecule has 3 rings (SSSR count). The minimum absolute atomic E-state index is 0.0629. The molecule has 1 fully saturated rings. The average molecular weight is 388 g/mol. The van der Waals surface area contributed by atoms with Gasteiger partial charge >= 0.3 is 12.1 Å². The Morgan fingerprint density at radius 1 is 1.30 bits per heavy atom. The highest BCUT2D eigenvalue weighted by Gasteiger charge is 2.27. The van der Waals surface area contributed by atoms with E-state index in [0.717, 1.165) is 23.3 Å². The molecule has 0 aliphatic carbocycles. The van der Waals surface area contributed by atoms with Gasteiger partial charge in [0.2, 0.25) is 0 Å². The van der Waals surface area contributed by atoms with Crippen LogP contribution in [0.4, 0.5) is 14.7 Å². The van der Waals surface area contributed by atoms with Crippen LogP contribution in [0.5, 0.6) is 0 Å². The van der Waals surface area contributed by atoms with Gasteiger partial charge in [-0.3, -0.25) is 5.32 Å². The Morgan fingerprint density at radius 2 is 2.04 bits per heavy atom. The number of likely N-dealkylation sites (tertiary alicyclic amines) is 1. The van der Waals surface area contributed by atoms with Gasteiger partial charge in [-0.25, -0.2) is 14.6 Å². The molecular formula is C19H25N5O2S. The predicted molar refractivity (Wildman–Crippen MR) is 108 cm³/mol. The zero-order valence-electron chi connectivity index (χ0n) is 15.9. The van der Waals surface area contributed by atoms with E-state index in [2.05, 4.69) is 34.7 Å². The lowest BCUT2D eigenvalue weighted by Gasteiger charge is -2.36. The van der Waals surface area contributed by atoms with Crippen LogP contribution in [0.1, 0.15) is 18.4 Å². The molecule has 144 valence electrons. The highest BCUT2D eigenvalue weighted by molar-refractivity contribution is 7.19. The average Bonchev–Trinajstić information content (AvgIpc) is 3.15. The Labute approximate surface area is 163 Å². The van der Waals surface area contributed by atoms with E-state index in [0.29, 0.717) is 18.2 Å². The quantitative estimate of drug-likeness (QED) is 0.847. The molecule has 0 bridgehead atoms. The Hall–Kier alpha value is -2.61. The summed E-state index contributed by atoms with van der Waals surface area (Å²) in [7, 11) is 3.43. The number of benzene rings is 1.